The molecule has 3 rings (SSSR count). The topological polar surface area (TPSA) is 30.2 Å². The molecule has 0 atom stereocenters. The summed E-state index contributed by atoms with van der Waals surface area (Å²) >= 11 is 3.35. The second-order valence-corrected chi connectivity index (χ2v) is 4.29. The van der Waals surface area contributed by atoms with Gasteiger partial charge < -0.3 is 0 Å². The summed E-state index contributed by atoms with van der Waals surface area (Å²) in [5, 5.41) is 0. The van der Waals surface area contributed by atoms with Crippen LogP contribution in [0.3, 0.4) is 0 Å². The Kier molecular flexibility index (Phi) is 2.40. The Morgan fingerprint density at radius 3 is 2.88 bits per heavy atom. The molecular formula is C12H7BrFN3. The monoisotopic (exact) mass is 291 g/mol. The fraction of sp³-hybridized carbons (Fsp3) is 0. The Balaban J connectivity index is 2.35. The molecule has 0 fully saturated rings. The number of nitrogens with zero attached hydrogens (tertiary/aromatic N) is 3. The van der Waals surface area contributed by atoms with Gasteiger partial charge in [-0.15, -0.1) is 0 Å². The van der Waals surface area contributed by atoms with E-state index < -0.39 is 0 Å². The third-order valence-electron chi connectivity index (χ3n) is 2.52. The zero-order valence-electron chi connectivity index (χ0n) is 8.64. The van der Waals surface area contributed by atoms with Gasteiger partial charge in [-0.25, -0.2) is 9.37 Å². The van der Waals surface area contributed by atoms with Crippen molar-refractivity contribution in [2.45, 2.75) is 0 Å². The first-order valence-electron chi connectivity index (χ1n) is 5.00. The van der Waals surface area contributed by atoms with Crippen LogP contribution in [0.25, 0.3) is 16.9 Å². The molecule has 5 heteroatoms. The molecule has 0 aliphatic rings. The van der Waals surface area contributed by atoms with Crippen molar-refractivity contribution in [3.8, 4) is 11.4 Å². The third kappa shape index (κ3) is 1.63. The summed E-state index contributed by atoms with van der Waals surface area (Å²) in [5.74, 6) is 0.274. The Morgan fingerprint density at radius 2 is 2.06 bits per heavy atom. The maximum Gasteiger partial charge on any atom is 0.148 e. The minimum atomic E-state index is -0.288. The van der Waals surface area contributed by atoms with Crippen LogP contribution < -0.4 is 0 Å². The van der Waals surface area contributed by atoms with Gasteiger partial charge in [-0.3, -0.25) is 9.38 Å². The van der Waals surface area contributed by atoms with Gasteiger partial charge in [0.1, 0.15) is 16.2 Å². The molecule has 0 saturated heterocycles. The Hall–Kier alpha value is -1.75. The van der Waals surface area contributed by atoms with Gasteiger partial charge in [-0.05, 0) is 28.1 Å². The molecule has 84 valence electrons. The predicted molar refractivity (Wildman–Crippen MR) is 66.1 cm³/mol. The van der Waals surface area contributed by atoms with Crippen molar-refractivity contribution in [3.05, 3.63) is 53.3 Å². The molecule has 1 aromatic carbocycles. The lowest BCUT2D eigenvalue weighted by Crippen LogP contribution is -1.91. The number of hydrogen-bond donors (Lipinski definition) is 0. The van der Waals surface area contributed by atoms with E-state index in [1.165, 1.54) is 6.07 Å². The SMILES string of the molecule is Fc1ccccc1-c1nc(Br)c2cnccn12. The average molecular weight is 292 g/mol. The maximum absolute atomic E-state index is 13.7. The highest BCUT2D eigenvalue weighted by Gasteiger charge is 2.13. The van der Waals surface area contributed by atoms with E-state index in [-0.39, 0.29) is 5.82 Å². The smallest absolute Gasteiger partial charge is 0.148 e. The molecule has 0 amide bonds. The van der Waals surface area contributed by atoms with Gasteiger partial charge in [0, 0.05) is 12.4 Å². The summed E-state index contributed by atoms with van der Waals surface area (Å²) < 4.78 is 16.2. The second kappa shape index (κ2) is 3.92. The van der Waals surface area contributed by atoms with Gasteiger partial charge in [0.2, 0.25) is 0 Å². The minimum absolute atomic E-state index is 0.288. The van der Waals surface area contributed by atoms with E-state index in [0.717, 1.165) is 5.52 Å². The van der Waals surface area contributed by atoms with Gasteiger partial charge in [-0.1, -0.05) is 12.1 Å². The molecule has 0 aliphatic carbocycles. The summed E-state index contributed by atoms with van der Waals surface area (Å²) in [6, 6.07) is 6.57. The zero-order valence-corrected chi connectivity index (χ0v) is 10.2. The summed E-state index contributed by atoms with van der Waals surface area (Å²) in [5.41, 5.74) is 1.28. The number of benzene rings is 1. The molecule has 0 unspecified atom stereocenters. The van der Waals surface area contributed by atoms with Crippen molar-refractivity contribution in [1.82, 2.24) is 14.4 Å². The lowest BCUT2D eigenvalue weighted by atomic mass is 10.2. The van der Waals surface area contributed by atoms with Crippen molar-refractivity contribution in [2.75, 3.05) is 0 Å². The molecule has 3 nitrogen and oxygen atoms in total. The molecular weight excluding hydrogens is 285 g/mol. The van der Waals surface area contributed by atoms with Crippen LogP contribution in [0.5, 0.6) is 0 Å². The highest BCUT2D eigenvalue weighted by atomic mass is 79.9. The second-order valence-electron chi connectivity index (χ2n) is 3.54. The van der Waals surface area contributed by atoms with Crippen LogP contribution in [0.1, 0.15) is 0 Å². The first-order chi connectivity index (χ1) is 8.27. The van der Waals surface area contributed by atoms with Crippen LogP contribution in [0.2, 0.25) is 0 Å². The Bertz CT molecular complexity index is 693. The van der Waals surface area contributed by atoms with Gasteiger partial charge >= 0.3 is 0 Å². The minimum Gasteiger partial charge on any atom is -0.296 e. The molecule has 0 saturated carbocycles. The van der Waals surface area contributed by atoms with Crippen LogP contribution in [-0.2, 0) is 0 Å². The highest BCUT2D eigenvalue weighted by Crippen LogP contribution is 2.26. The van der Waals surface area contributed by atoms with Crippen molar-refractivity contribution >= 4 is 21.4 Å². The summed E-state index contributed by atoms with van der Waals surface area (Å²) in [7, 11) is 0. The fourth-order valence-corrected chi connectivity index (χ4v) is 2.20. The quantitative estimate of drug-likeness (QED) is 0.689. The summed E-state index contributed by atoms with van der Waals surface area (Å²) in [4.78, 5) is 8.34. The Labute approximate surface area is 105 Å². The molecule has 0 bridgehead atoms. The average Bonchev–Trinajstić information content (AvgIpc) is 2.68. The fourth-order valence-electron chi connectivity index (χ4n) is 1.74. The van der Waals surface area contributed by atoms with E-state index >= 15 is 0 Å². The highest BCUT2D eigenvalue weighted by molar-refractivity contribution is 9.10. The van der Waals surface area contributed by atoms with E-state index in [2.05, 4.69) is 25.9 Å². The summed E-state index contributed by atoms with van der Waals surface area (Å²) in [6.45, 7) is 0. The van der Waals surface area contributed by atoms with Gasteiger partial charge in [0.25, 0.3) is 0 Å². The maximum atomic E-state index is 13.7. The molecule has 2 aromatic heterocycles. The van der Waals surface area contributed by atoms with E-state index in [9.17, 15) is 4.39 Å². The largest absolute Gasteiger partial charge is 0.296 e. The number of imidazole rings is 1. The first-order valence-corrected chi connectivity index (χ1v) is 5.79. The number of aromatic nitrogens is 3. The first kappa shape index (κ1) is 10.4. The predicted octanol–water partition coefficient (Wildman–Crippen LogP) is 3.30. The van der Waals surface area contributed by atoms with Gasteiger partial charge in [-0.2, -0.15) is 0 Å². The van der Waals surface area contributed by atoms with Crippen LogP contribution in [0.15, 0.2) is 47.5 Å². The normalized spacial score (nSPS) is 10.9. The molecule has 0 aliphatic heterocycles. The van der Waals surface area contributed by atoms with Crippen LogP contribution in [-0.4, -0.2) is 14.4 Å². The van der Waals surface area contributed by atoms with Crippen LogP contribution in [0.4, 0.5) is 4.39 Å². The molecule has 0 radical (unpaired) electrons. The zero-order chi connectivity index (χ0) is 11.8. The third-order valence-corrected chi connectivity index (χ3v) is 3.10. The van der Waals surface area contributed by atoms with E-state index in [0.29, 0.717) is 16.0 Å². The molecule has 3 aromatic rings. The standard InChI is InChI=1S/C12H7BrFN3/c13-11-10-7-15-5-6-17(10)12(16-11)8-3-1-2-4-9(8)14/h1-7H. The van der Waals surface area contributed by atoms with Crippen LogP contribution in [0, 0.1) is 5.82 Å². The molecule has 0 spiro atoms. The van der Waals surface area contributed by atoms with Crippen molar-refractivity contribution in [3.63, 3.8) is 0 Å². The van der Waals surface area contributed by atoms with E-state index in [4.69, 9.17) is 0 Å². The number of halogens is 2. The summed E-state index contributed by atoms with van der Waals surface area (Å²) in [6.07, 6.45) is 5.09. The van der Waals surface area contributed by atoms with E-state index in [1.807, 2.05) is 0 Å². The molecule has 2 heterocycles. The van der Waals surface area contributed by atoms with Crippen molar-refractivity contribution in [1.29, 1.82) is 0 Å². The van der Waals surface area contributed by atoms with Gasteiger partial charge in [0.15, 0.2) is 0 Å². The van der Waals surface area contributed by atoms with Crippen molar-refractivity contribution < 1.29 is 4.39 Å². The number of fused-ring (bicyclic) bond motifs is 1. The van der Waals surface area contributed by atoms with Crippen LogP contribution >= 0.6 is 15.9 Å². The lowest BCUT2D eigenvalue weighted by Gasteiger charge is -2.01. The van der Waals surface area contributed by atoms with E-state index in [1.54, 1.807) is 41.2 Å². The Morgan fingerprint density at radius 1 is 1.24 bits per heavy atom. The van der Waals surface area contributed by atoms with Gasteiger partial charge in [0.05, 0.1) is 17.3 Å². The number of hydrogen-bond acceptors (Lipinski definition) is 2. The lowest BCUT2D eigenvalue weighted by molar-refractivity contribution is 0.630. The molecule has 17 heavy (non-hydrogen) atoms. The van der Waals surface area contributed by atoms with Crippen molar-refractivity contribution in [2.24, 2.45) is 0 Å². The molecule has 0 N–H and O–H groups in total. The number of rotatable bonds is 1.